The van der Waals surface area contributed by atoms with Crippen molar-refractivity contribution in [1.82, 2.24) is 10.2 Å². The fourth-order valence-electron chi connectivity index (χ4n) is 1.53. The van der Waals surface area contributed by atoms with Gasteiger partial charge in [-0.05, 0) is 7.05 Å². The second-order valence-corrected chi connectivity index (χ2v) is 6.25. The predicted molar refractivity (Wildman–Crippen MR) is 71.3 cm³/mol. The Hall–Kier alpha value is -0.750. The highest BCUT2D eigenvalue weighted by Gasteiger charge is 2.34. The van der Waals surface area contributed by atoms with Gasteiger partial charge < -0.3 is 5.32 Å². The smallest absolute Gasteiger partial charge is 0.323 e. The van der Waals surface area contributed by atoms with Crippen molar-refractivity contribution in [2.75, 3.05) is 26.4 Å². The van der Waals surface area contributed by atoms with Gasteiger partial charge in [0.2, 0.25) is 0 Å². The lowest BCUT2D eigenvalue weighted by molar-refractivity contribution is 0.150. The van der Waals surface area contributed by atoms with Crippen molar-refractivity contribution >= 4 is 23.6 Å². The van der Waals surface area contributed by atoms with Gasteiger partial charge in [0.25, 0.3) is 0 Å². The number of rotatable bonds is 2. The van der Waals surface area contributed by atoms with E-state index < -0.39 is 6.09 Å². The molecule has 1 rings (SSSR count). The number of carbonyl (C=O) groups is 1. The van der Waals surface area contributed by atoms with Gasteiger partial charge in [-0.25, -0.2) is 4.79 Å². The number of nitrogens with one attached hydrogen (secondary N) is 1. The minimum absolute atomic E-state index is 0.121. The fraction of sp³-hybridized carbons (Fsp3) is 0.818. The topological polar surface area (TPSA) is 53.9 Å². The number of amides is 1. The molecule has 0 aromatic heterocycles. The summed E-state index contributed by atoms with van der Waals surface area (Å²) in [4.78, 5) is 18.1. The molecule has 5 nitrogen and oxygen atoms in total. The first-order valence-electron chi connectivity index (χ1n) is 5.65. The maximum absolute atomic E-state index is 11.1. The van der Waals surface area contributed by atoms with Crippen LogP contribution >= 0.6 is 11.8 Å². The van der Waals surface area contributed by atoms with Gasteiger partial charge in [0, 0.05) is 24.8 Å². The molecule has 0 bridgehead atoms. The number of thioether (sulfide) groups is 1. The van der Waals surface area contributed by atoms with E-state index in [9.17, 15) is 4.79 Å². The van der Waals surface area contributed by atoms with E-state index in [-0.39, 0.29) is 10.8 Å². The van der Waals surface area contributed by atoms with E-state index in [2.05, 4.69) is 43.2 Å². The first-order chi connectivity index (χ1) is 7.86. The maximum Gasteiger partial charge on any atom is 0.433 e. The molecule has 98 valence electrons. The van der Waals surface area contributed by atoms with Crippen molar-refractivity contribution in [1.29, 1.82) is 0 Å². The van der Waals surface area contributed by atoms with Crippen molar-refractivity contribution < 1.29 is 9.63 Å². The van der Waals surface area contributed by atoms with Gasteiger partial charge in [0.05, 0.1) is 11.1 Å². The molecule has 0 radical (unpaired) electrons. The summed E-state index contributed by atoms with van der Waals surface area (Å²) >= 11 is 1.83. The average Bonchev–Trinajstić information content (AvgIpc) is 2.63. The molecule has 1 amide bonds. The molecule has 1 aliphatic rings. The lowest BCUT2D eigenvalue weighted by Crippen LogP contribution is -2.39. The standard InChI is InChI=1S/C11H21N3O2S/c1-11(2,3)8(13-16-10(15)12-4)9-14(5)6-7-17-9/h9H,6-7H2,1-5H3,(H,12,15). The van der Waals surface area contributed by atoms with Gasteiger partial charge in [-0.15, -0.1) is 11.8 Å². The summed E-state index contributed by atoms with van der Waals surface area (Å²) in [5.74, 6) is 1.08. The molecule has 0 aliphatic carbocycles. The van der Waals surface area contributed by atoms with Crippen LogP contribution in [0.5, 0.6) is 0 Å². The van der Waals surface area contributed by atoms with E-state index in [1.165, 1.54) is 7.05 Å². The Morgan fingerprint density at radius 2 is 2.18 bits per heavy atom. The number of carbonyl (C=O) groups excluding carboxylic acids is 1. The minimum Gasteiger partial charge on any atom is -0.323 e. The van der Waals surface area contributed by atoms with Gasteiger partial charge in [-0.2, -0.15) is 0 Å². The summed E-state index contributed by atoms with van der Waals surface area (Å²) in [5, 5.41) is 6.62. The van der Waals surface area contributed by atoms with Gasteiger partial charge in [-0.3, -0.25) is 9.74 Å². The molecule has 1 fully saturated rings. The van der Waals surface area contributed by atoms with Crippen LogP contribution in [0.25, 0.3) is 0 Å². The van der Waals surface area contributed by atoms with E-state index in [0.29, 0.717) is 0 Å². The zero-order chi connectivity index (χ0) is 13.1. The molecule has 1 heterocycles. The van der Waals surface area contributed by atoms with Crippen LogP contribution in [0.15, 0.2) is 5.16 Å². The zero-order valence-corrected chi connectivity index (χ0v) is 11.9. The van der Waals surface area contributed by atoms with Crippen molar-refractivity contribution in [3.05, 3.63) is 0 Å². The fourth-order valence-corrected chi connectivity index (χ4v) is 3.06. The quantitative estimate of drug-likeness (QED) is 0.466. The number of hydrogen-bond donors (Lipinski definition) is 1. The van der Waals surface area contributed by atoms with Crippen LogP contribution in [0.4, 0.5) is 4.79 Å². The first-order valence-corrected chi connectivity index (χ1v) is 6.70. The Morgan fingerprint density at radius 1 is 1.53 bits per heavy atom. The molecule has 0 aromatic carbocycles. The third kappa shape index (κ3) is 3.89. The van der Waals surface area contributed by atoms with Crippen LogP contribution in [0.3, 0.4) is 0 Å². The molecule has 1 atom stereocenters. The third-order valence-electron chi connectivity index (χ3n) is 2.55. The maximum atomic E-state index is 11.1. The number of hydrogen-bond acceptors (Lipinski definition) is 5. The Bertz CT molecular complexity index is 312. The molecule has 17 heavy (non-hydrogen) atoms. The molecule has 6 heteroatoms. The van der Waals surface area contributed by atoms with Gasteiger partial charge in [0.1, 0.15) is 0 Å². The lowest BCUT2D eigenvalue weighted by Gasteiger charge is -2.28. The van der Waals surface area contributed by atoms with Crippen LogP contribution in [0.1, 0.15) is 20.8 Å². The molecular formula is C11H21N3O2S. The first kappa shape index (κ1) is 14.3. The minimum atomic E-state index is -0.530. The van der Waals surface area contributed by atoms with Crippen LogP contribution in [0, 0.1) is 5.41 Å². The highest BCUT2D eigenvalue weighted by atomic mass is 32.2. The predicted octanol–water partition coefficient (Wildman–Crippen LogP) is 1.75. The highest BCUT2D eigenvalue weighted by molar-refractivity contribution is 8.00. The lowest BCUT2D eigenvalue weighted by atomic mass is 9.89. The molecule has 1 unspecified atom stereocenters. The third-order valence-corrected chi connectivity index (χ3v) is 3.87. The second-order valence-electron chi connectivity index (χ2n) is 5.06. The van der Waals surface area contributed by atoms with Crippen molar-refractivity contribution in [2.45, 2.75) is 26.1 Å². The SMILES string of the molecule is CNC(=O)ON=C(C1SCCN1C)C(C)(C)C. The molecule has 0 aromatic rings. The summed E-state index contributed by atoms with van der Waals surface area (Å²) in [7, 11) is 3.58. The van der Waals surface area contributed by atoms with Crippen molar-refractivity contribution in [2.24, 2.45) is 10.6 Å². The summed E-state index contributed by atoms with van der Waals surface area (Å²) in [6.07, 6.45) is -0.530. The number of oxime groups is 1. The van der Waals surface area contributed by atoms with E-state index in [0.717, 1.165) is 18.0 Å². The van der Waals surface area contributed by atoms with E-state index in [1.54, 1.807) is 0 Å². The second kappa shape index (κ2) is 5.73. The summed E-state index contributed by atoms with van der Waals surface area (Å²) in [6.45, 7) is 7.26. The van der Waals surface area contributed by atoms with E-state index >= 15 is 0 Å². The van der Waals surface area contributed by atoms with Crippen LogP contribution in [-0.4, -0.2) is 48.5 Å². The Balaban J connectivity index is 2.84. The molecule has 0 spiro atoms. The zero-order valence-electron chi connectivity index (χ0n) is 11.1. The summed E-state index contributed by atoms with van der Waals surface area (Å²) in [5.41, 5.74) is 0.774. The van der Waals surface area contributed by atoms with E-state index in [4.69, 9.17) is 4.84 Å². The largest absolute Gasteiger partial charge is 0.433 e. The molecule has 0 saturated carbocycles. The molecular weight excluding hydrogens is 238 g/mol. The van der Waals surface area contributed by atoms with Crippen molar-refractivity contribution in [3.63, 3.8) is 0 Å². The van der Waals surface area contributed by atoms with Gasteiger partial charge in [0.15, 0.2) is 0 Å². The normalized spacial score (nSPS) is 22.6. The number of nitrogens with zero attached hydrogens (tertiary/aromatic N) is 2. The van der Waals surface area contributed by atoms with Crippen LogP contribution < -0.4 is 5.32 Å². The molecule has 1 aliphatic heterocycles. The monoisotopic (exact) mass is 259 g/mol. The van der Waals surface area contributed by atoms with Crippen LogP contribution in [-0.2, 0) is 4.84 Å². The van der Waals surface area contributed by atoms with Crippen molar-refractivity contribution in [3.8, 4) is 0 Å². The average molecular weight is 259 g/mol. The van der Waals surface area contributed by atoms with E-state index in [1.807, 2.05) is 11.8 Å². The van der Waals surface area contributed by atoms with Crippen LogP contribution in [0.2, 0.25) is 0 Å². The van der Waals surface area contributed by atoms with Gasteiger partial charge >= 0.3 is 6.09 Å². The Morgan fingerprint density at radius 3 is 2.59 bits per heavy atom. The summed E-state index contributed by atoms with van der Waals surface area (Å²) in [6, 6.07) is 0. The Labute approximate surface area is 107 Å². The summed E-state index contributed by atoms with van der Waals surface area (Å²) < 4.78 is 0. The molecule has 1 N–H and O–H groups in total. The Kier molecular flexibility index (Phi) is 4.82. The molecule has 1 saturated heterocycles. The van der Waals surface area contributed by atoms with Gasteiger partial charge in [-0.1, -0.05) is 25.9 Å². The highest BCUT2D eigenvalue weighted by Crippen LogP contribution is 2.31.